The molecule has 0 aromatic rings. The first kappa shape index (κ1) is 28.6. The van der Waals surface area contributed by atoms with Crippen LogP contribution in [0.3, 0.4) is 0 Å². The number of rotatable bonds is 12. The van der Waals surface area contributed by atoms with Gasteiger partial charge in [-0.2, -0.15) is 0 Å². The third kappa shape index (κ3) is 10.4. The SMILES string of the molecule is CCCCPC1CC(PCCCC)CC(C(C)CC)(C(C)CC)C1.[CH3][Ti][CH3]. The first-order chi connectivity index (χ1) is 12.9. The molecule has 0 saturated heterocycles. The van der Waals surface area contributed by atoms with Gasteiger partial charge in [-0.05, 0) is 73.0 Å². The predicted molar refractivity (Wildman–Crippen MR) is 131 cm³/mol. The van der Waals surface area contributed by atoms with Crippen LogP contribution in [0.15, 0.2) is 0 Å². The summed E-state index contributed by atoms with van der Waals surface area (Å²) in [4.78, 5) is 0. The van der Waals surface area contributed by atoms with Crippen LogP contribution in [0.4, 0.5) is 0 Å². The van der Waals surface area contributed by atoms with Crippen LogP contribution in [0.2, 0.25) is 10.5 Å². The van der Waals surface area contributed by atoms with Crippen molar-refractivity contribution in [3.8, 4) is 0 Å². The van der Waals surface area contributed by atoms with Crippen molar-refractivity contribution in [2.24, 2.45) is 17.3 Å². The molecular formula is C24H52P2Ti. The van der Waals surface area contributed by atoms with Gasteiger partial charge in [-0.25, -0.2) is 0 Å². The quantitative estimate of drug-likeness (QED) is 0.158. The van der Waals surface area contributed by atoms with Gasteiger partial charge in [-0.1, -0.05) is 67.2 Å². The van der Waals surface area contributed by atoms with Gasteiger partial charge in [0.05, 0.1) is 0 Å². The molecule has 0 N–H and O–H groups in total. The van der Waals surface area contributed by atoms with E-state index in [0.29, 0.717) is 24.6 Å². The van der Waals surface area contributed by atoms with Crippen LogP contribution >= 0.6 is 17.2 Å². The van der Waals surface area contributed by atoms with Crippen molar-refractivity contribution in [1.82, 2.24) is 0 Å². The normalized spacial score (nSPS) is 28.3. The van der Waals surface area contributed by atoms with Crippen LogP contribution in [-0.4, -0.2) is 23.6 Å². The molecule has 0 bridgehead atoms. The van der Waals surface area contributed by atoms with E-state index in [0.717, 1.165) is 23.2 Å². The van der Waals surface area contributed by atoms with Gasteiger partial charge in [-0.3, -0.25) is 0 Å². The summed E-state index contributed by atoms with van der Waals surface area (Å²) in [6.45, 7) is 14.7. The van der Waals surface area contributed by atoms with E-state index in [1.807, 2.05) is 0 Å². The van der Waals surface area contributed by atoms with Crippen LogP contribution in [-0.2, 0) is 19.2 Å². The van der Waals surface area contributed by atoms with Gasteiger partial charge < -0.3 is 0 Å². The van der Waals surface area contributed by atoms with Crippen molar-refractivity contribution < 1.29 is 19.2 Å². The number of unbranched alkanes of at least 4 members (excludes halogenated alkanes) is 2. The van der Waals surface area contributed by atoms with Crippen molar-refractivity contribution in [3.05, 3.63) is 0 Å². The molecule has 1 aliphatic rings. The van der Waals surface area contributed by atoms with Crippen LogP contribution in [0.5, 0.6) is 0 Å². The molecule has 0 aromatic carbocycles. The molecule has 1 saturated carbocycles. The maximum atomic E-state index is 2.58. The average molecular weight is 450 g/mol. The number of hydrogen-bond donors (Lipinski definition) is 0. The van der Waals surface area contributed by atoms with Crippen molar-refractivity contribution in [2.75, 3.05) is 12.3 Å². The fourth-order valence-corrected chi connectivity index (χ4v) is 9.01. The molecule has 0 nitrogen and oxygen atoms in total. The standard InChI is InChI=1S/C22H46P2.2CH3.Ti/c1-7-11-13-23-20-15-21(24-14-12-8-2)17-22(16-20,18(5)9-3)19(6)10-4;;;/h18-21,23-24H,7-17H2,1-6H3;2*1H3;. The maximum absolute atomic E-state index is 2.58. The Balaban J connectivity index is 0.00000210. The Hall–Kier alpha value is 1.57. The predicted octanol–water partition coefficient (Wildman–Crippen LogP) is 9.11. The molecule has 1 aliphatic carbocycles. The second-order valence-electron chi connectivity index (χ2n) is 9.00. The zero-order valence-corrected chi connectivity index (χ0v) is 23.6. The van der Waals surface area contributed by atoms with Crippen LogP contribution in [0.1, 0.15) is 99.3 Å². The molecule has 0 amide bonds. The van der Waals surface area contributed by atoms with Crippen molar-refractivity contribution in [2.45, 2.75) is 121 Å². The van der Waals surface area contributed by atoms with E-state index in [1.54, 1.807) is 19.3 Å². The molecule has 0 radical (unpaired) electrons. The molecule has 0 spiro atoms. The molecule has 1 rings (SSSR count). The van der Waals surface area contributed by atoms with Gasteiger partial charge in [0.25, 0.3) is 0 Å². The van der Waals surface area contributed by atoms with Crippen LogP contribution in [0.25, 0.3) is 0 Å². The monoisotopic (exact) mass is 450 g/mol. The first-order valence-corrected chi connectivity index (χ1v) is 17.7. The van der Waals surface area contributed by atoms with Gasteiger partial charge in [0.1, 0.15) is 0 Å². The summed E-state index contributed by atoms with van der Waals surface area (Å²) in [5.41, 5.74) is 2.75. The summed E-state index contributed by atoms with van der Waals surface area (Å²) < 4.78 is 0. The van der Waals surface area contributed by atoms with Gasteiger partial charge in [0.2, 0.25) is 0 Å². The summed E-state index contributed by atoms with van der Waals surface area (Å²) >= 11 is 0.500. The second-order valence-corrected chi connectivity index (χ2v) is 14.0. The minimum atomic E-state index is 0.500. The Morgan fingerprint density at radius 3 is 1.48 bits per heavy atom. The van der Waals surface area contributed by atoms with Crippen LogP contribution < -0.4 is 0 Å². The van der Waals surface area contributed by atoms with Gasteiger partial charge >= 0.3 is 29.6 Å². The zero-order chi connectivity index (χ0) is 20.7. The van der Waals surface area contributed by atoms with Gasteiger partial charge in [0, 0.05) is 0 Å². The van der Waals surface area contributed by atoms with E-state index in [1.165, 1.54) is 68.0 Å². The first-order valence-electron chi connectivity index (χ1n) is 12.0. The second kappa shape index (κ2) is 17.3. The third-order valence-electron chi connectivity index (χ3n) is 6.94. The van der Waals surface area contributed by atoms with Crippen molar-refractivity contribution in [3.63, 3.8) is 0 Å². The summed E-state index contributed by atoms with van der Waals surface area (Å²) in [7, 11) is 2.48. The van der Waals surface area contributed by atoms with E-state index in [-0.39, 0.29) is 0 Å². The van der Waals surface area contributed by atoms with E-state index < -0.39 is 0 Å². The Morgan fingerprint density at radius 1 is 0.815 bits per heavy atom. The molecule has 0 aliphatic heterocycles. The Kier molecular flexibility index (Phi) is 18.3. The van der Waals surface area contributed by atoms with E-state index in [2.05, 4.69) is 52.0 Å². The van der Waals surface area contributed by atoms with Crippen molar-refractivity contribution >= 4 is 17.2 Å². The van der Waals surface area contributed by atoms with Gasteiger partial charge in [0.15, 0.2) is 0 Å². The topological polar surface area (TPSA) is 0 Å². The average Bonchev–Trinajstić information content (AvgIpc) is 2.67. The Labute approximate surface area is 186 Å². The third-order valence-corrected chi connectivity index (χ3v) is 10.3. The summed E-state index contributed by atoms with van der Waals surface area (Å²) in [5, 5.41) is 4.50. The molecule has 3 heteroatoms. The molecule has 6 atom stereocenters. The molecule has 6 unspecified atom stereocenters. The summed E-state index contributed by atoms with van der Waals surface area (Å²) in [5.74, 6) is 1.81. The molecule has 0 aromatic heterocycles. The molecule has 162 valence electrons. The Bertz CT molecular complexity index is 304. The van der Waals surface area contributed by atoms with E-state index >= 15 is 0 Å². The van der Waals surface area contributed by atoms with Gasteiger partial charge in [-0.15, -0.1) is 17.2 Å². The fraction of sp³-hybridized carbons (Fsp3) is 1.00. The summed E-state index contributed by atoms with van der Waals surface area (Å²) in [6, 6.07) is 0. The van der Waals surface area contributed by atoms with Crippen LogP contribution in [0, 0.1) is 17.3 Å². The summed E-state index contributed by atoms with van der Waals surface area (Å²) in [6.07, 6.45) is 16.1. The molecule has 1 fully saturated rings. The minimum absolute atomic E-state index is 0.500. The Morgan fingerprint density at radius 2 is 1.19 bits per heavy atom. The number of hydrogen-bond acceptors (Lipinski definition) is 0. The zero-order valence-electron chi connectivity index (χ0n) is 20.1. The molecule has 27 heavy (non-hydrogen) atoms. The molecule has 0 heterocycles. The fourth-order valence-electron chi connectivity index (χ4n) is 4.89. The molecular weight excluding hydrogens is 398 g/mol. The van der Waals surface area contributed by atoms with Crippen molar-refractivity contribution in [1.29, 1.82) is 0 Å². The van der Waals surface area contributed by atoms with E-state index in [9.17, 15) is 0 Å². The van der Waals surface area contributed by atoms with E-state index in [4.69, 9.17) is 0 Å².